The van der Waals surface area contributed by atoms with Gasteiger partial charge in [-0.05, 0) is 51.9 Å². The van der Waals surface area contributed by atoms with Crippen molar-refractivity contribution < 1.29 is 9.13 Å². The normalized spacial score (nSPS) is 12.3. The van der Waals surface area contributed by atoms with Gasteiger partial charge in [-0.3, -0.25) is 4.98 Å². The molecule has 0 fully saturated rings. The Morgan fingerprint density at radius 1 is 0.731 bits per heavy atom. The third-order valence-corrected chi connectivity index (χ3v) is 5.14. The summed E-state index contributed by atoms with van der Waals surface area (Å²) in [6, 6.07) is 21.2. The Morgan fingerprint density at radius 2 is 1.58 bits per heavy atom. The lowest BCUT2D eigenvalue weighted by atomic mass is 9.94. The largest absolute Gasteiger partial charge is 0.456 e. The van der Waals surface area contributed by atoms with Crippen LogP contribution in [-0.2, 0) is 0 Å². The summed E-state index contributed by atoms with van der Waals surface area (Å²) in [4.78, 5) is 4.64. The molecule has 26 heavy (non-hydrogen) atoms. The fourth-order valence-corrected chi connectivity index (χ4v) is 3.95. The molecule has 6 rings (SSSR count). The highest BCUT2D eigenvalue weighted by atomic mass is 19.1. The molecule has 0 aliphatic carbocycles. The number of fused-ring (bicyclic) bond motifs is 5. The molecule has 122 valence electrons. The van der Waals surface area contributed by atoms with E-state index in [1.165, 1.54) is 6.07 Å². The van der Waals surface area contributed by atoms with Crippen molar-refractivity contribution in [3.8, 4) is 22.8 Å². The minimum atomic E-state index is -0.244. The predicted molar refractivity (Wildman–Crippen MR) is 102 cm³/mol. The molecule has 0 saturated heterocycles. The molecule has 0 unspecified atom stereocenters. The Bertz CT molecular complexity index is 1370. The van der Waals surface area contributed by atoms with Crippen LogP contribution in [-0.4, -0.2) is 4.98 Å². The number of ether oxygens (including phenoxy) is 1. The zero-order chi connectivity index (χ0) is 17.3. The van der Waals surface area contributed by atoms with Crippen LogP contribution in [0.2, 0.25) is 0 Å². The minimum absolute atomic E-state index is 0.244. The van der Waals surface area contributed by atoms with Gasteiger partial charge in [-0.15, -0.1) is 0 Å². The Morgan fingerprint density at radius 3 is 2.46 bits per heavy atom. The topological polar surface area (TPSA) is 22.1 Å². The van der Waals surface area contributed by atoms with E-state index in [4.69, 9.17) is 4.74 Å². The van der Waals surface area contributed by atoms with Crippen LogP contribution >= 0.6 is 0 Å². The van der Waals surface area contributed by atoms with Crippen molar-refractivity contribution in [2.45, 2.75) is 0 Å². The van der Waals surface area contributed by atoms with Crippen LogP contribution in [0.25, 0.3) is 43.6 Å². The van der Waals surface area contributed by atoms with E-state index < -0.39 is 0 Å². The van der Waals surface area contributed by atoms with Crippen molar-refractivity contribution in [1.82, 2.24) is 4.98 Å². The Kier molecular flexibility index (Phi) is 2.54. The van der Waals surface area contributed by atoms with Gasteiger partial charge in [0.2, 0.25) is 0 Å². The van der Waals surface area contributed by atoms with Gasteiger partial charge in [-0.25, -0.2) is 4.39 Å². The summed E-state index contributed by atoms with van der Waals surface area (Å²) in [6.45, 7) is 0. The molecule has 1 aliphatic rings. The van der Waals surface area contributed by atoms with Crippen LogP contribution in [0.15, 0.2) is 72.9 Å². The van der Waals surface area contributed by atoms with Gasteiger partial charge in [0, 0.05) is 17.1 Å². The maximum Gasteiger partial charge on any atom is 0.138 e. The van der Waals surface area contributed by atoms with E-state index in [1.807, 2.05) is 30.3 Å². The fraction of sp³-hybridized carbons (Fsp3) is 0. The number of hydrogen-bond acceptors (Lipinski definition) is 2. The number of aromatic nitrogens is 1. The van der Waals surface area contributed by atoms with Crippen LogP contribution in [0.4, 0.5) is 4.39 Å². The third kappa shape index (κ3) is 1.72. The number of pyridine rings is 1. The van der Waals surface area contributed by atoms with Crippen molar-refractivity contribution in [3.05, 3.63) is 78.7 Å². The van der Waals surface area contributed by atoms with Crippen molar-refractivity contribution in [1.29, 1.82) is 0 Å². The first-order chi connectivity index (χ1) is 12.8. The molecule has 2 nitrogen and oxygen atoms in total. The molecule has 5 aromatic rings. The lowest BCUT2D eigenvalue weighted by Crippen LogP contribution is -2.00. The molecule has 0 radical (unpaired) electrons. The van der Waals surface area contributed by atoms with E-state index in [9.17, 15) is 4.39 Å². The van der Waals surface area contributed by atoms with Crippen LogP contribution in [0.5, 0.6) is 11.5 Å². The highest BCUT2D eigenvalue weighted by molar-refractivity contribution is 6.16. The lowest BCUT2D eigenvalue weighted by molar-refractivity contribution is 0.487. The third-order valence-electron chi connectivity index (χ3n) is 5.14. The molecular formula is C23H12FNO. The average molecular weight is 337 g/mol. The maximum atomic E-state index is 14.4. The van der Waals surface area contributed by atoms with E-state index in [0.717, 1.165) is 43.9 Å². The molecular weight excluding hydrogens is 325 g/mol. The molecule has 1 aliphatic heterocycles. The van der Waals surface area contributed by atoms with Crippen molar-refractivity contribution in [3.63, 3.8) is 0 Å². The van der Waals surface area contributed by atoms with Crippen molar-refractivity contribution in [2.24, 2.45) is 0 Å². The van der Waals surface area contributed by atoms with Gasteiger partial charge < -0.3 is 4.74 Å². The molecule has 1 aromatic heterocycles. The second-order valence-corrected chi connectivity index (χ2v) is 6.59. The van der Waals surface area contributed by atoms with Crippen LogP contribution < -0.4 is 4.74 Å². The standard InChI is InChI=1S/C23H12FNO/c24-19-7-3-6-15-16-8-9-25-23-18-10-13-4-1-2-5-14(13)11-20(18)26-21(22(16)23)12-17(15)19/h1-12H. The van der Waals surface area contributed by atoms with E-state index in [-0.39, 0.29) is 5.82 Å². The fourth-order valence-electron chi connectivity index (χ4n) is 3.95. The molecule has 0 spiro atoms. The van der Waals surface area contributed by atoms with E-state index in [1.54, 1.807) is 18.3 Å². The number of hydrogen-bond donors (Lipinski definition) is 0. The highest BCUT2D eigenvalue weighted by Crippen LogP contribution is 2.48. The van der Waals surface area contributed by atoms with Gasteiger partial charge in [0.15, 0.2) is 0 Å². The monoisotopic (exact) mass is 337 g/mol. The summed E-state index contributed by atoms with van der Waals surface area (Å²) in [5, 5.41) is 5.59. The van der Waals surface area contributed by atoms with Gasteiger partial charge in [0.25, 0.3) is 0 Å². The van der Waals surface area contributed by atoms with Gasteiger partial charge in [0.1, 0.15) is 17.3 Å². The summed E-state index contributed by atoms with van der Waals surface area (Å²) in [6.07, 6.45) is 1.79. The first-order valence-electron chi connectivity index (χ1n) is 8.50. The van der Waals surface area contributed by atoms with Gasteiger partial charge in [0.05, 0.1) is 11.1 Å². The minimum Gasteiger partial charge on any atom is -0.456 e. The molecule has 0 atom stereocenters. The summed E-state index contributed by atoms with van der Waals surface area (Å²) < 4.78 is 20.6. The van der Waals surface area contributed by atoms with Gasteiger partial charge >= 0.3 is 0 Å². The van der Waals surface area contributed by atoms with E-state index in [2.05, 4.69) is 23.2 Å². The molecule has 0 N–H and O–H groups in total. The summed E-state index contributed by atoms with van der Waals surface area (Å²) >= 11 is 0. The molecule has 3 heteroatoms. The van der Waals surface area contributed by atoms with E-state index >= 15 is 0 Å². The summed E-state index contributed by atoms with van der Waals surface area (Å²) in [5.74, 6) is 1.17. The maximum absolute atomic E-state index is 14.4. The molecule has 2 heterocycles. The lowest BCUT2D eigenvalue weighted by Gasteiger charge is -2.22. The Hall–Kier alpha value is -3.46. The number of rotatable bonds is 0. The zero-order valence-electron chi connectivity index (χ0n) is 13.7. The highest BCUT2D eigenvalue weighted by Gasteiger charge is 2.23. The Balaban J connectivity index is 1.80. The van der Waals surface area contributed by atoms with Gasteiger partial charge in [-0.1, -0.05) is 36.4 Å². The van der Waals surface area contributed by atoms with Crippen LogP contribution in [0, 0.1) is 5.82 Å². The number of nitrogens with zero attached hydrogens (tertiary/aromatic N) is 1. The number of halogens is 1. The first-order valence-corrected chi connectivity index (χ1v) is 8.50. The van der Waals surface area contributed by atoms with Gasteiger partial charge in [-0.2, -0.15) is 0 Å². The quantitative estimate of drug-likeness (QED) is 0.297. The molecule has 4 aromatic carbocycles. The summed E-state index contributed by atoms with van der Waals surface area (Å²) in [7, 11) is 0. The van der Waals surface area contributed by atoms with Crippen LogP contribution in [0.1, 0.15) is 0 Å². The van der Waals surface area contributed by atoms with Crippen molar-refractivity contribution in [2.75, 3.05) is 0 Å². The summed E-state index contributed by atoms with van der Waals surface area (Å²) in [5.41, 5.74) is 1.85. The van der Waals surface area contributed by atoms with E-state index in [0.29, 0.717) is 11.1 Å². The number of benzene rings is 4. The molecule has 0 bridgehead atoms. The molecule has 0 amide bonds. The van der Waals surface area contributed by atoms with Crippen LogP contribution in [0.3, 0.4) is 0 Å². The molecule has 0 saturated carbocycles. The zero-order valence-corrected chi connectivity index (χ0v) is 13.7. The predicted octanol–water partition coefficient (Wildman–Crippen LogP) is 6.45. The average Bonchev–Trinajstić information content (AvgIpc) is 2.68. The Labute approximate surface area is 148 Å². The first kappa shape index (κ1) is 13.8. The SMILES string of the molecule is Fc1cccc2c1cc1c3c(nccc32)-c2cc3ccccc3cc2O1. The smallest absolute Gasteiger partial charge is 0.138 e. The second kappa shape index (κ2) is 4.79. The van der Waals surface area contributed by atoms with Crippen molar-refractivity contribution >= 4 is 32.3 Å². The second-order valence-electron chi connectivity index (χ2n) is 6.59.